The molecule has 2 heterocycles. The second-order valence-corrected chi connectivity index (χ2v) is 5.79. The number of hydrogen-bond acceptors (Lipinski definition) is 7. The van der Waals surface area contributed by atoms with Crippen molar-refractivity contribution < 1.29 is 14.2 Å². The molecule has 1 aromatic carbocycles. The highest BCUT2D eigenvalue weighted by Crippen LogP contribution is 2.41. The largest absolute Gasteiger partial charge is 0.493 e. The van der Waals surface area contributed by atoms with Crippen LogP contribution in [0.25, 0.3) is 5.78 Å². The Morgan fingerprint density at radius 2 is 1.77 bits per heavy atom. The van der Waals surface area contributed by atoms with Crippen molar-refractivity contribution in [2.24, 2.45) is 0 Å². The number of hydrogen-bond donors (Lipinski definition) is 1. The van der Waals surface area contributed by atoms with Gasteiger partial charge in [-0.05, 0) is 13.3 Å². The minimum atomic E-state index is 0.547. The van der Waals surface area contributed by atoms with Crippen molar-refractivity contribution in [1.29, 1.82) is 0 Å². The van der Waals surface area contributed by atoms with Gasteiger partial charge in [-0.3, -0.25) is 0 Å². The van der Waals surface area contributed by atoms with Crippen LogP contribution in [0.3, 0.4) is 0 Å². The second-order valence-electron chi connectivity index (χ2n) is 5.79. The molecular weight excluding hydrogens is 334 g/mol. The number of ether oxygens (including phenoxy) is 3. The fourth-order valence-electron chi connectivity index (χ4n) is 2.95. The van der Waals surface area contributed by atoms with Crippen LogP contribution in [-0.2, 0) is 6.42 Å². The van der Waals surface area contributed by atoms with E-state index in [0.717, 1.165) is 35.6 Å². The van der Waals surface area contributed by atoms with Gasteiger partial charge in [0.1, 0.15) is 12.1 Å². The Balaban J connectivity index is 2.14. The molecule has 8 heteroatoms. The van der Waals surface area contributed by atoms with Gasteiger partial charge in [0.2, 0.25) is 5.75 Å². The zero-order valence-corrected chi connectivity index (χ0v) is 15.7. The molecule has 26 heavy (non-hydrogen) atoms. The standard InChI is InChI=1S/C18H23N5O3/c1-6-7-13-11(2)21-18-19-10-20-23(18)17(13)22-12-8-14(24-3)16(26-5)15(9-12)25-4/h8-10,22H,6-7H2,1-5H3. The number of nitrogens with zero attached hydrogens (tertiary/aromatic N) is 4. The predicted molar refractivity (Wildman–Crippen MR) is 98.9 cm³/mol. The number of anilines is 2. The molecule has 138 valence electrons. The Kier molecular flexibility index (Phi) is 5.11. The van der Waals surface area contributed by atoms with E-state index >= 15 is 0 Å². The Morgan fingerprint density at radius 1 is 1.08 bits per heavy atom. The molecule has 0 aliphatic rings. The van der Waals surface area contributed by atoms with Crippen molar-refractivity contribution in [3.05, 3.63) is 29.7 Å². The van der Waals surface area contributed by atoms with Crippen LogP contribution in [0.15, 0.2) is 18.5 Å². The summed E-state index contributed by atoms with van der Waals surface area (Å²) < 4.78 is 18.0. The van der Waals surface area contributed by atoms with Crippen LogP contribution in [0.5, 0.6) is 17.2 Å². The number of aryl methyl sites for hydroxylation is 1. The predicted octanol–water partition coefficient (Wildman–Crippen LogP) is 3.15. The van der Waals surface area contributed by atoms with Gasteiger partial charge in [0.05, 0.1) is 21.3 Å². The van der Waals surface area contributed by atoms with Crippen molar-refractivity contribution in [3.63, 3.8) is 0 Å². The van der Waals surface area contributed by atoms with Crippen LogP contribution in [-0.4, -0.2) is 40.9 Å². The first-order chi connectivity index (χ1) is 12.6. The van der Waals surface area contributed by atoms with Gasteiger partial charge < -0.3 is 19.5 Å². The second kappa shape index (κ2) is 7.47. The molecule has 3 rings (SSSR count). The highest BCUT2D eigenvalue weighted by atomic mass is 16.5. The summed E-state index contributed by atoms with van der Waals surface area (Å²) in [5.41, 5.74) is 2.82. The lowest BCUT2D eigenvalue weighted by Crippen LogP contribution is -2.09. The molecule has 8 nitrogen and oxygen atoms in total. The molecule has 3 aromatic rings. The van der Waals surface area contributed by atoms with E-state index in [-0.39, 0.29) is 0 Å². The number of nitrogens with one attached hydrogen (secondary N) is 1. The fraction of sp³-hybridized carbons (Fsp3) is 0.389. The summed E-state index contributed by atoms with van der Waals surface area (Å²) in [6, 6.07) is 3.71. The normalized spacial score (nSPS) is 10.8. The maximum atomic E-state index is 5.44. The van der Waals surface area contributed by atoms with E-state index in [4.69, 9.17) is 14.2 Å². The van der Waals surface area contributed by atoms with Crippen molar-refractivity contribution in [3.8, 4) is 17.2 Å². The van der Waals surface area contributed by atoms with Crippen LogP contribution in [0.2, 0.25) is 0 Å². The summed E-state index contributed by atoms with van der Waals surface area (Å²) in [5, 5.41) is 7.74. The summed E-state index contributed by atoms with van der Waals surface area (Å²) in [4.78, 5) is 8.74. The molecule has 0 atom stereocenters. The fourth-order valence-corrected chi connectivity index (χ4v) is 2.95. The number of methoxy groups -OCH3 is 3. The Morgan fingerprint density at radius 3 is 2.35 bits per heavy atom. The Labute approximate surface area is 152 Å². The summed E-state index contributed by atoms with van der Waals surface area (Å²) in [6.07, 6.45) is 3.37. The molecule has 0 spiro atoms. The maximum absolute atomic E-state index is 5.44. The van der Waals surface area contributed by atoms with E-state index in [2.05, 4.69) is 27.3 Å². The highest BCUT2D eigenvalue weighted by Gasteiger charge is 2.17. The minimum absolute atomic E-state index is 0.547. The van der Waals surface area contributed by atoms with E-state index in [1.165, 1.54) is 6.33 Å². The molecular formula is C18H23N5O3. The molecule has 0 amide bonds. The molecule has 0 aliphatic heterocycles. The van der Waals surface area contributed by atoms with E-state index in [0.29, 0.717) is 23.0 Å². The summed E-state index contributed by atoms with van der Waals surface area (Å²) >= 11 is 0. The van der Waals surface area contributed by atoms with E-state index in [9.17, 15) is 0 Å². The molecule has 0 aliphatic carbocycles. The van der Waals surface area contributed by atoms with E-state index in [1.807, 2.05) is 19.1 Å². The lowest BCUT2D eigenvalue weighted by molar-refractivity contribution is 0.324. The van der Waals surface area contributed by atoms with Gasteiger partial charge in [0, 0.05) is 29.1 Å². The first kappa shape index (κ1) is 17.8. The first-order valence-corrected chi connectivity index (χ1v) is 8.39. The number of benzene rings is 1. The van der Waals surface area contributed by atoms with Gasteiger partial charge in [-0.15, -0.1) is 0 Å². The van der Waals surface area contributed by atoms with Crippen LogP contribution in [0.4, 0.5) is 11.5 Å². The van der Waals surface area contributed by atoms with E-state index < -0.39 is 0 Å². The third-order valence-electron chi connectivity index (χ3n) is 4.16. The topological polar surface area (TPSA) is 82.8 Å². The van der Waals surface area contributed by atoms with Gasteiger partial charge in [0.25, 0.3) is 5.78 Å². The number of fused-ring (bicyclic) bond motifs is 1. The molecule has 2 aromatic heterocycles. The minimum Gasteiger partial charge on any atom is -0.493 e. The van der Waals surface area contributed by atoms with Gasteiger partial charge >= 0.3 is 0 Å². The zero-order valence-electron chi connectivity index (χ0n) is 15.7. The smallest absolute Gasteiger partial charge is 0.254 e. The third kappa shape index (κ3) is 3.10. The third-order valence-corrected chi connectivity index (χ3v) is 4.16. The van der Waals surface area contributed by atoms with Crippen molar-refractivity contribution in [1.82, 2.24) is 19.6 Å². The SMILES string of the molecule is CCCc1c(C)nc2ncnn2c1Nc1cc(OC)c(OC)c(OC)c1. The Bertz CT molecular complexity index is 898. The number of aromatic nitrogens is 4. The molecule has 1 N–H and O–H groups in total. The summed E-state index contributed by atoms with van der Waals surface area (Å²) in [6.45, 7) is 4.12. The van der Waals surface area contributed by atoms with Gasteiger partial charge in [0.15, 0.2) is 11.5 Å². The van der Waals surface area contributed by atoms with Crippen molar-refractivity contribution in [2.75, 3.05) is 26.6 Å². The molecule has 0 unspecified atom stereocenters. The molecule has 0 saturated carbocycles. The highest BCUT2D eigenvalue weighted by molar-refractivity contribution is 5.69. The van der Waals surface area contributed by atoms with Crippen molar-refractivity contribution >= 4 is 17.3 Å². The quantitative estimate of drug-likeness (QED) is 0.695. The number of rotatable bonds is 7. The molecule has 0 bridgehead atoms. The average Bonchev–Trinajstić information content (AvgIpc) is 3.11. The van der Waals surface area contributed by atoms with Crippen molar-refractivity contribution in [2.45, 2.75) is 26.7 Å². The lowest BCUT2D eigenvalue weighted by atomic mass is 10.1. The first-order valence-electron chi connectivity index (χ1n) is 8.39. The zero-order chi connectivity index (χ0) is 18.7. The van der Waals surface area contributed by atoms with Crippen LogP contribution in [0.1, 0.15) is 24.6 Å². The van der Waals surface area contributed by atoms with Crippen LogP contribution < -0.4 is 19.5 Å². The molecule has 0 fully saturated rings. The molecule has 0 saturated heterocycles. The van der Waals surface area contributed by atoms with E-state index in [1.54, 1.807) is 25.8 Å². The lowest BCUT2D eigenvalue weighted by Gasteiger charge is -2.18. The monoisotopic (exact) mass is 357 g/mol. The molecule has 0 radical (unpaired) electrons. The van der Waals surface area contributed by atoms with Crippen LogP contribution in [0, 0.1) is 6.92 Å². The Hall–Kier alpha value is -3.03. The van der Waals surface area contributed by atoms with Gasteiger partial charge in [-0.2, -0.15) is 14.6 Å². The van der Waals surface area contributed by atoms with Gasteiger partial charge in [-0.25, -0.2) is 4.98 Å². The maximum Gasteiger partial charge on any atom is 0.254 e. The average molecular weight is 357 g/mol. The summed E-state index contributed by atoms with van der Waals surface area (Å²) in [5.74, 6) is 3.09. The summed E-state index contributed by atoms with van der Waals surface area (Å²) in [7, 11) is 4.77. The van der Waals surface area contributed by atoms with Gasteiger partial charge in [-0.1, -0.05) is 13.3 Å². The van der Waals surface area contributed by atoms with Crippen LogP contribution >= 0.6 is 0 Å².